The number of hydrogen-bond donors (Lipinski definition) is 2. The van der Waals surface area contributed by atoms with E-state index in [9.17, 15) is 4.79 Å². The lowest BCUT2D eigenvalue weighted by Crippen LogP contribution is -2.47. The van der Waals surface area contributed by atoms with Crippen LogP contribution < -0.4 is 11.1 Å². The Morgan fingerprint density at radius 2 is 2.24 bits per heavy atom. The molecule has 0 amide bonds. The Kier molecular flexibility index (Phi) is 4.47. The Labute approximate surface area is 129 Å². The zero-order chi connectivity index (χ0) is 15.6. The average molecular weight is 305 g/mol. The minimum absolute atomic E-state index is 0.351. The van der Waals surface area contributed by atoms with Crippen LogP contribution in [0.5, 0.6) is 0 Å². The van der Waals surface area contributed by atoms with E-state index in [0.29, 0.717) is 22.9 Å². The van der Waals surface area contributed by atoms with Crippen molar-refractivity contribution in [3.05, 3.63) is 41.1 Å². The van der Waals surface area contributed by atoms with Gasteiger partial charge in [0, 0.05) is 17.9 Å². The van der Waals surface area contributed by atoms with Gasteiger partial charge in [-0.05, 0) is 43.8 Å². The maximum Gasteiger partial charge on any atom is 0.337 e. The van der Waals surface area contributed by atoms with E-state index in [0.717, 1.165) is 11.3 Å². The summed E-state index contributed by atoms with van der Waals surface area (Å²) in [7, 11) is 1.38. The summed E-state index contributed by atoms with van der Waals surface area (Å²) in [4.78, 5) is 14.1. The van der Waals surface area contributed by atoms with E-state index in [1.807, 2.05) is 36.9 Å². The number of rotatable bonds is 3. The van der Waals surface area contributed by atoms with E-state index in [-0.39, 0.29) is 12.0 Å². The molecule has 0 fully saturated rings. The van der Waals surface area contributed by atoms with Crippen LogP contribution in [0.25, 0.3) is 0 Å². The number of hydrogen-bond acceptors (Lipinski definition) is 4. The summed E-state index contributed by atoms with van der Waals surface area (Å²) in [5.41, 5.74) is 8.72. The Morgan fingerprint density at radius 3 is 2.81 bits per heavy atom. The molecule has 0 saturated carbocycles. The molecule has 1 unspecified atom stereocenters. The summed E-state index contributed by atoms with van der Waals surface area (Å²) in [5, 5.41) is 3.79. The van der Waals surface area contributed by atoms with Gasteiger partial charge in [-0.3, -0.25) is 0 Å². The highest BCUT2D eigenvalue weighted by Crippen LogP contribution is 2.31. The van der Waals surface area contributed by atoms with E-state index >= 15 is 0 Å². The number of nitrogen functional groups attached to an aromatic ring is 1. The van der Waals surface area contributed by atoms with Gasteiger partial charge >= 0.3 is 5.97 Å². The molecule has 1 atom stereocenters. The SMILES string of the molecule is CCN1C(=S)NC(c2cccc(N)c2)C(C(=O)OC)=C1C. The summed E-state index contributed by atoms with van der Waals surface area (Å²) in [5.74, 6) is -0.367. The van der Waals surface area contributed by atoms with E-state index in [1.165, 1.54) is 7.11 Å². The summed E-state index contributed by atoms with van der Waals surface area (Å²) < 4.78 is 4.93. The van der Waals surface area contributed by atoms with Gasteiger partial charge in [0.05, 0.1) is 18.7 Å². The van der Waals surface area contributed by atoms with Crippen molar-refractivity contribution in [2.75, 3.05) is 19.4 Å². The molecule has 0 aliphatic carbocycles. The van der Waals surface area contributed by atoms with Crippen LogP contribution in [0.15, 0.2) is 35.5 Å². The lowest BCUT2D eigenvalue weighted by atomic mass is 9.94. The van der Waals surface area contributed by atoms with Crippen LogP contribution in [0.1, 0.15) is 25.5 Å². The highest BCUT2D eigenvalue weighted by atomic mass is 32.1. The molecule has 5 nitrogen and oxygen atoms in total. The summed E-state index contributed by atoms with van der Waals surface area (Å²) >= 11 is 5.39. The lowest BCUT2D eigenvalue weighted by molar-refractivity contribution is -0.136. The fourth-order valence-corrected chi connectivity index (χ4v) is 2.91. The number of esters is 1. The Hall–Kier alpha value is -2.08. The number of carbonyl (C=O) groups is 1. The molecular formula is C15H19N3O2S. The number of methoxy groups -OCH3 is 1. The molecule has 0 spiro atoms. The van der Waals surface area contributed by atoms with Crippen LogP contribution >= 0.6 is 12.2 Å². The monoisotopic (exact) mass is 305 g/mol. The van der Waals surface area contributed by atoms with Crippen molar-refractivity contribution in [1.82, 2.24) is 10.2 Å². The van der Waals surface area contributed by atoms with Gasteiger partial charge in [0.15, 0.2) is 5.11 Å². The van der Waals surface area contributed by atoms with Gasteiger partial charge in [0.1, 0.15) is 0 Å². The third-order valence-electron chi connectivity index (χ3n) is 3.56. The molecule has 1 aliphatic heterocycles. The highest BCUT2D eigenvalue weighted by molar-refractivity contribution is 7.80. The number of allylic oxidation sites excluding steroid dienone is 1. The molecule has 112 valence electrons. The maximum absolute atomic E-state index is 12.2. The minimum atomic E-state index is -0.367. The predicted molar refractivity (Wildman–Crippen MR) is 86.4 cm³/mol. The first-order chi connectivity index (χ1) is 9.99. The zero-order valence-electron chi connectivity index (χ0n) is 12.3. The average Bonchev–Trinajstić information content (AvgIpc) is 2.46. The van der Waals surface area contributed by atoms with Gasteiger partial charge < -0.3 is 20.7 Å². The van der Waals surface area contributed by atoms with Gasteiger partial charge in [0.2, 0.25) is 0 Å². The smallest absolute Gasteiger partial charge is 0.337 e. The zero-order valence-corrected chi connectivity index (χ0v) is 13.2. The van der Waals surface area contributed by atoms with Gasteiger partial charge in [-0.2, -0.15) is 0 Å². The van der Waals surface area contributed by atoms with E-state index < -0.39 is 0 Å². The summed E-state index contributed by atoms with van der Waals surface area (Å²) in [6, 6.07) is 7.05. The topological polar surface area (TPSA) is 67.6 Å². The van der Waals surface area contributed by atoms with Crippen molar-refractivity contribution in [1.29, 1.82) is 0 Å². The largest absolute Gasteiger partial charge is 0.466 e. The Balaban J connectivity index is 2.55. The van der Waals surface area contributed by atoms with Gasteiger partial charge in [-0.1, -0.05) is 12.1 Å². The molecule has 1 aromatic rings. The second kappa shape index (κ2) is 6.13. The van der Waals surface area contributed by atoms with Crippen molar-refractivity contribution in [2.45, 2.75) is 19.9 Å². The van der Waals surface area contributed by atoms with Crippen molar-refractivity contribution >= 4 is 29.0 Å². The Morgan fingerprint density at radius 1 is 1.52 bits per heavy atom. The number of anilines is 1. The fourth-order valence-electron chi connectivity index (χ4n) is 2.53. The van der Waals surface area contributed by atoms with Crippen LogP contribution in [-0.4, -0.2) is 29.6 Å². The van der Waals surface area contributed by atoms with Gasteiger partial charge in [-0.25, -0.2) is 4.79 Å². The molecular weight excluding hydrogens is 286 g/mol. The number of nitrogens with zero attached hydrogens (tertiary/aromatic N) is 1. The van der Waals surface area contributed by atoms with Crippen LogP contribution in [-0.2, 0) is 9.53 Å². The molecule has 0 aromatic heterocycles. The summed E-state index contributed by atoms with van der Waals surface area (Å²) in [6.45, 7) is 4.54. The second-order valence-corrected chi connectivity index (χ2v) is 5.17. The molecule has 6 heteroatoms. The molecule has 2 rings (SSSR count). The first-order valence-corrected chi connectivity index (χ1v) is 7.13. The van der Waals surface area contributed by atoms with E-state index in [1.54, 1.807) is 6.07 Å². The molecule has 1 aromatic carbocycles. The number of nitrogens with one attached hydrogen (secondary N) is 1. The van der Waals surface area contributed by atoms with Crippen molar-refractivity contribution < 1.29 is 9.53 Å². The molecule has 1 aliphatic rings. The van der Waals surface area contributed by atoms with Crippen LogP contribution in [0.3, 0.4) is 0 Å². The van der Waals surface area contributed by atoms with E-state index in [2.05, 4.69) is 5.32 Å². The lowest BCUT2D eigenvalue weighted by Gasteiger charge is -2.36. The molecule has 3 N–H and O–H groups in total. The maximum atomic E-state index is 12.2. The number of ether oxygens (including phenoxy) is 1. The quantitative estimate of drug-likeness (QED) is 0.505. The molecule has 0 saturated heterocycles. The molecule has 0 radical (unpaired) electrons. The predicted octanol–water partition coefficient (Wildman–Crippen LogP) is 1.97. The standard InChI is InChI=1S/C15H19N3O2S/c1-4-18-9(2)12(14(19)20-3)13(17-15(18)21)10-6-5-7-11(16)8-10/h5-8,13H,4,16H2,1-3H3,(H,17,21). The third-order valence-corrected chi connectivity index (χ3v) is 3.90. The van der Waals surface area contributed by atoms with E-state index in [4.69, 9.17) is 22.7 Å². The van der Waals surface area contributed by atoms with Crippen molar-refractivity contribution in [2.24, 2.45) is 0 Å². The molecule has 21 heavy (non-hydrogen) atoms. The van der Waals surface area contributed by atoms with Crippen molar-refractivity contribution in [3.63, 3.8) is 0 Å². The number of carbonyl (C=O) groups excluding carboxylic acids is 1. The Bertz CT molecular complexity index is 613. The van der Waals surface area contributed by atoms with Crippen LogP contribution in [0, 0.1) is 0 Å². The van der Waals surface area contributed by atoms with Crippen LogP contribution in [0.2, 0.25) is 0 Å². The van der Waals surface area contributed by atoms with Crippen LogP contribution in [0.4, 0.5) is 5.69 Å². The normalized spacial score (nSPS) is 18.5. The third kappa shape index (κ3) is 2.85. The number of benzene rings is 1. The van der Waals surface area contributed by atoms with Crippen molar-refractivity contribution in [3.8, 4) is 0 Å². The first-order valence-electron chi connectivity index (χ1n) is 6.72. The summed E-state index contributed by atoms with van der Waals surface area (Å²) in [6.07, 6.45) is 0. The second-order valence-electron chi connectivity index (χ2n) is 4.79. The molecule has 1 heterocycles. The van der Waals surface area contributed by atoms with Gasteiger partial charge in [0.25, 0.3) is 0 Å². The fraction of sp³-hybridized carbons (Fsp3) is 0.333. The number of thiocarbonyl (C=S) groups is 1. The highest BCUT2D eigenvalue weighted by Gasteiger charge is 2.33. The molecule has 0 bridgehead atoms. The number of nitrogens with two attached hydrogens (primary N) is 1. The first kappa shape index (κ1) is 15.3. The van der Waals surface area contributed by atoms with Gasteiger partial charge in [-0.15, -0.1) is 0 Å². The minimum Gasteiger partial charge on any atom is -0.466 e.